The molecule has 1 amide bonds. The van der Waals surface area contributed by atoms with Crippen molar-refractivity contribution in [3.63, 3.8) is 0 Å². The molecule has 27 heavy (non-hydrogen) atoms. The molecule has 2 rings (SSSR count). The number of nitrogens with one attached hydrogen (secondary N) is 1. The SMILES string of the molecule is CN(C)c1ccc(/C=N\NC(=O)c2cc([N+](=O)[O-])cc([N+](=O)[O-])c2O)cc1. The summed E-state index contributed by atoms with van der Waals surface area (Å²) in [4.78, 5) is 33.9. The van der Waals surface area contributed by atoms with Crippen molar-refractivity contribution in [2.45, 2.75) is 0 Å². The van der Waals surface area contributed by atoms with Gasteiger partial charge in [-0.15, -0.1) is 0 Å². The highest BCUT2D eigenvalue weighted by atomic mass is 16.6. The van der Waals surface area contributed by atoms with Crippen LogP contribution in [-0.4, -0.2) is 41.2 Å². The summed E-state index contributed by atoms with van der Waals surface area (Å²) >= 11 is 0. The molecule has 0 saturated heterocycles. The van der Waals surface area contributed by atoms with Crippen molar-refractivity contribution in [2.24, 2.45) is 5.10 Å². The summed E-state index contributed by atoms with van der Waals surface area (Å²) in [5.41, 5.74) is 1.42. The third kappa shape index (κ3) is 4.54. The number of benzene rings is 2. The number of hydrazone groups is 1. The summed E-state index contributed by atoms with van der Waals surface area (Å²) < 4.78 is 0. The van der Waals surface area contributed by atoms with E-state index in [1.54, 1.807) is 12.1 Å². The number of anilines is 1. The van der Waals surface area contributed by atoms with Crippen LogP contribution in [0.15, 0.2) is 41.5 Å². The summed E-state index contributed by atoms with van der Waals surface area (Å²) in [5, 5.41) is 35.3. The topological polar surface area (TPSA) is 151 Å². The van der Waals surface area contributed by atoms with Gasteiger partial charge < -0.3 is 10.0 Å². The molecule has 2 N–H and O–H groups in total. The number of hydrogen-bond acceptors (Lipinski definition) is 8. The molecule has 0 fully saturated rings. The fourth-order valence-corrected chi connectivity index (χ4v) is 2.11. The molecular weight excluding hydrogens is 358 g/mol. The molecule has 0 bridgehead atoms. The number of carbonyl (C=O) groups excluding carboxylic acids is 1. The zero-order valence-electron chi connectivity index (χ0n) is 14.3. The molecule has 0 unspecified atom stereocenters. The lowest BCUT2D eigenvalue weighted by atomic mass is 10.1. The second kappa shape index (κ2) is 7.91. The number of rotatable bonds is 6. The van der Waals surface area contributed by atoms with Crippen LogP contribution < -0.4 is 10.3 Å². The van der Waals surface area contributed by atoms with Crippen LogP contribution in [0.25, 0.3) is 0 Å². The van der Waals surface area contributed by atoms with Crippen molar-refractivity contribution in [2.75, 3.05) is 19.0 Å². The zero-order chi connectivity index (χ0) is 20.1. The molecule has 0 aliphatic carbocycles. The van der Waals surface area contributed by atoms with E-state index in [4.69, 9.17) is 0 Å². The fourth-order valence-electron chi connectivity index (χ4n) is 2.11. The summed E-state index contributed by atoms with van der Waals surface area (Å²) in [5.74, 6) is -2.01. The van der Waals surface area contributed by atoms with Gasteiger partial charge in [-0.2, -0.15) is 5.10 Å². The van der Waals surface area contributed by atoms with Crippen molar-refractivity contribution >= 4 is 29.2 Å². The maximum absolute atomic E-state index is 12.1. The van der Waals surface area contributed by atoms with Crippen LogP contribution in [0.4, 0.5) is 17.1 Å². The molecular formula is C16H15N5O6. The monoisotopic (exact) mass is 373 g/mol. The second-order valence-corrected chi connectivity index (χ2v) is 5.56. The molecule has 11 heteroatoms. The van der Waals surface area contributed by atoms with Gasteiger partial charge in [0.2, 0.25) is 5.75 Å². The number of nitro benzene ring substituents is 2. The van der Waals surface area contributed by atoms with E-state index in [0.717, 1.165) is 11.8 Å². The Bertz CT molecular complexity index is 924. The minimum atomic E-state index is -1.03. The first-order chi connectivity index (χ1) is 12.7. The van der Waals surface area contributed by atoms with Gasteiger partial charge in [0.05, 0.1) is 27.7 Å². The number of amides is 1. The van der Waals surface area contributed by atoms with E-state index >= 15 is 0 Å². The van der Waals surface area contributed by atoms with Crippen LogP contribution in [-0.2, 0) is 0 Å². The van der Waals surface area contributed by atoms with Gasteiger partial charge in [-0.25, -0.2) is 5.43 Å². The molecule has 0 aliphatic rings. The quantitative estimate of drug-likeness (QED) is 0.446. The standard InChI is InChI=1S/C16H15N5O6/c1-19(2)11-5-3-10(4-6-11)9-17-18-16(23)13-7-12(20(24)25)8-14(15(13)22)21(26)27/h3-9,22H,1-2H3,(H,18,23)/b17-9-. The lowest BCUT2D eigenvalue weighted by Crippen LogP contribution is -2.18. The number of nitrogens with zero attached hydrogens (tertiary/aromatic N) is 4. The van der Waals surface area contributed by atoms with E-state index in [1.165, 1.54) is 6.21 Å². The van der Waals surface area contributed by atoms with Crippen LogP contribution in [0.1, 0.15) is 15.9 Å². The summed E-state index contributed by atoms with van der Waals surface area (Å²) in [7, 11) is 3.77. The Labute approximate surface area is 152 Å². The van der Waals surface area contributed by atoms with Crippen LogP contribution in [0.3, 0.4) is 0 Å². The van der Waals surface area contributed by atoms with Gasteiger partial charge >= 0.3 is 5.69 Å². The number of hydrogen-bond donors (Lipinski definition) is 2. The predicted molar refractivity (Wildman–Crippen MR) is 97.2 cm³/mol. The Morgan fingerprint density at radius 3 is 2.30 bits per heavy atom. The number of phenols is 1. The van der Waals surface area contributed by atoms with E-state index in [-0.39, 0.29) is 0 Å². The first-order valence-electron chi connectivity index (χ1n) is 7.47. The van der Waals surface area contributed by atoms with E-state index in [9.17, 15) is 30.1 Å². The summed E-state index contributed by atoms with van der Waals surface area (Å²) in [6.45, 7) is 0. The second-order valence-electron chi connectivity index (χ2n) is 5.56. The van der Waals surface area contributed by atoms with Crippen LogP contribution >= 0.6 is 0 Å². The molecule has 0 atom stereocenters. The average molecular weight is 373 g/mol. The highest BCUT2D eigenvalue weighted by Crippen LogP contribution is 2.34. The molecule has 140 valence electrons. The highest BCUT2D eigenvalue weighted by Gasteiger charge is 2.27. The summed E-state index contributed by atoms with van der Waals surface area (Å²) in [6, 6.07) is 8.47. The number of nitro groups is 2. The fraction of sp³-hybridized carbons (Fsp3) is 0.125. The van der Waals surface area contributed by atoms with Crippen molar-refractivity contribution < 1.29 is 19.7 Å². The lowest BCUT2D eigenvalue weighted by Gasteiger charge is -2.11. The molecule has 0 saturated carbocycles. The Balaban J connectivity index is 2.22. The molecule has 0 radical (unpaired) electrons. The van der Waals surface area contributed by atoms with Gasteiger partial charge in [0.15, 0.2) is 0 Å². The Morgan fingerprint density at radius 2 is 1.78 bits per heavy atom. The maximum Gasteiger partial charge on any atom is 0.318 e. The Kier molecular flexibility index (Phi) is 5.65. The predicted octanol–water partition coefficient (Wildman–Crippen LogP) is 2.04. The Hall–Kier alpha value is -4.02. The molecule has 0 spiro atoms. The van der Waals surface area contributed by atoms with Gasteiger partial charge in [-0.3, -0.25) is 25.0 Å². The molecule has 2 aromatic rings. The average Bonchev–Trinajstić information content (AvgIpc) is 2.61. The molecule has 0 heterocycles. The first kappa shape index (κ1) is 19.3. The number of carbonyl (C=O) groups is 1. The minimum absolute atomic E-state index is 0.571. The van der Waals surface area contributed by atoms with E-state index in [1.807, 2.05) is 31.1 Å². The third-order valence-corrected chi connectivity index (χ3v) is 3.52. The highest BCUT2D eigenvalue weighted by molar-refractivity contribution is 5.99. The molecule has 11 nitrogen and oxygen atoms in total. The smallest absolute Gasteiger partial charge is 0.318 e. The van der Waals surface area contributed by atoms with Gasteiger partial charge in [-0.1, -0.05) is 12.1 Å². The molecule has 0 aliphatic heterocycles. The van der Waals surface area contributed by atoms with Crippen LogP contribution in [0.2, 0.25) is 0 Å². The summed E-state index contributed by atoms with van der Waals surface area (Å²) in [6.07, 6.45) is 1.32. The number of non-ortho nitro benzene ring substituents is 1. The van der Waals surface area contributed by atoms with Crippen molar-refractivity contribution in [3.8, 4) is 5.75 Å². The van der Waals surface area contributed by atoms with Crippen molar-refractivity contribution in [1.29, 1.82) is 0 Å². The van der Waals surface area contributed by atoms with Crippen molar-refractivity contribution in [1.82, 2.24) is 5.43 Å². The third-order valence-electron chi connectivity index (χ3n) is 3.52. The van der Waals surface area contributed by atoms with E-state index in [2.05, 4.69) is 10.5 Å². The van der Waals surface area contributed by atoms with E-state index in [0.29, 0.717) is 11.6 Å². The normalized spacial score (nSPS) is 10.6. The van der Waals surface area contributed by atoms with E-state index < -0.39 is 38.4 Å². The number of aromatic hydroxyl groups is 1. The largest absolute Gasteiger partial charge is 0.502 e. The maximum atomic E-state index is 12.1. The van der Waals surface area contributed by atoms with Gasteiger partial charge in [0.1, 0.15) is 0 Å². The number of phenolic OH excluding ortho intramolecular Hbond substituents is 1. The van der Waals surface area contributed by atoms with Crippen molar-refractivity contribution in [3.05, 3.63) is 67.8 Å². The van der Waals surface area contributed by atoms with Gasteiger partial charge in [0.25, 0.3) is 11.6 Å². The minimum Gasteiger partial charge on any atom is -0.502 e. The molecule has 0 aromatic heterocycles. The molecule has 2 aromatic carbocycles. The first-order valence-corrected chi connectivity index (χ1v) is 7.47. The Morgan fingerprint density at radius 1 is 1.15 bits per heavy atom. The van der Waals surface area contributed by atoms with Crippen LogP contribution in [0.5, 0.6) is 5.75 Å². The van der Waals surface area contributed by atoms with Gasteiger partial charge in [-0.05, 0) is 17.7 Å². The lowest BCUT2D eigenvalue weighted by molar-refractivity contribution is -0.394. The zero-order valence-corrected chi connectivity index (χ0v) is 14.3. The van der Waals surface area contributed by atoms with Gasteiger partial charge in [0, 0.05) is 25.8 Å². The van der Waals surface area contributed by atoms with Crippen LogP contribution in [0, 0.1) is 20.2 Å².